The molecule has 0 atom stereocenters. The first-order chi connectivity index (χ1) is 18.1. The van der Waals surface area contributed by atoms with Crippen molar-refractivity contribution < 1.29 is 23.9 Å². The number of amides is 2. The maximum atomic E-state index is 12.3. The van der Waals surface area contributed by atoms with Gasteiger partial charge in [0.25, 0.3) is 5.91 Å². The van der Waals surface area contributed by atoms with Crippen LogP contribution in [0.15, 0.2) is 60.7 Å². The van der Waals surface area contributed by atoms with E-state index < -0.39 is 11.9 Å². The number of benzene rings is 3. The Bertz CT molecular complexity index is 1280. The maximum Gasteiger partial charge on any atom is 0.306 e. The number of hydrogen-bond acceptors (Lipinski definition) is 5. The quantitative estimate of drug-likeness (QED) is 0.273. The number of nitrogens with one attached hydrogen (secondary N) is 2. The number of carbonyl (C=O) groups excluding carboxylic acids is 3. The summed E-state index contributed by atoms with van der Waals surface area (Å²) in [5, 5.41) is 5.53. The zero-order valence-electron chi connectivity index (χ0n) is 22.7. The topological polar surface area (TPSA) is 93.7 Å². The molecule has 0 saturated carbocycles. The Kier molecular flexibility index (Phi) is 10.0. The first-order valence-electron chi connectivity index (χ1n) is 12.8. The molecule has 0 aromatic heterocycles. The summed E-state index contributed by atoms with van der Waals surface area (Å²) in [6, 6.07) is 18.9. The second-order valence-corrected chi connectivity index (χ2v) is 9.73. The molecule has 2 N–H and O–H groups in total. The van der Waals surface area contributed by atoms with Crippen molar-refractivity contribution in [2.45, 2.75) is 59.8 Å². The van der Waals surface area contributed by atoms with Crippen LogP contribution in [-0.2, 0) is 19.1 Å². The van der Waals surface area contributed by atoms with Gasteiger partial charge < -0.3 is 20.1 Å². The number of ether oxygens (including phenoxy) is 2. The number of hydrogen-bond donors (Lipinski definition) is 2. The Morgan fingerprint density at radius 3 is 2.13 bits per heavy atom. The Morgan fingerprint density at radius 1 is 0.763 bits per heavy atom. The highest BCUT2D eigenvalue weighted by Crippen LogP contribution is 2.32. The second kappa shape index (κ2) is 13.4. The van der Waals surface area contributed by atoms with Crippen LogP contribution in [0, 0.1) is 20.8 Å². The summed E-state index contributed by atoms with van der Waals surface area (Å²) >= 11 is 0. The third kappa shape index (κ3) is 8.76. The van der Waals surface area contributed by atoms with E-state index in [0.29, 0.717) is 29.5 Å². The van der Waals surface area contributed by atoms with Gasteiger partial charge in [0.05, 0.1) is 0 Å². The van der Waals surface area contributed by atoms with Crippen molar-refractivity contribution in [2.75, 3.05) is 17.2 Å². The van der Waals surface area contributed by atoms with Gasteiger partial charge in [0, 0.05) is 24.2 Å². The minimum atomic E-state index is -0.522. The molecule has 3 rings (SSSR count). The van der Waals surface area contributed by atoms with E-state index in [2.05, 4.69) is 36.6 Å². The zero-order chi connectivity index (χ0) is 27.7. The van der Waals surface area contributed by atoms with Gasteiger partial charge >= 0.3 is 5.97 Å². The molecule has 0 bridgehead atoms. The minimum Gasteiger partial charge on any atom is -0.457 e. The summed E-state index contributed by atoms with van der Waals surface area (Å²) in [6.45, 7) is 9.86. The highest BCUT2D eigenvalue weighted by Gasteiger charge is 2.12. The van der Waals surface area contributed by atoms with Crippen LogP contribution in [0.1, 0.15) is 61.3 Å². The average Bonchev–Trinajstić information content (AvgIpc) is 2.86. The van der Waals surface area contributed by atoms with Crippen LogP contribution in [0.3, 0.4) is 0 Å². The molecule has 0 spiro atoms. The molecule has 0 heterocycles. The van der Waals surface area contributed by atoms with Gasteiger partial charge in [0.2, 0.25) is 5.91 Å². The van der Waals surface area contributed by atoms with E-state index in [9.17, 15) is 14.4 Å². The van der Waals surface area contributed by atoms with Gasteiger partial charge in [-0.1, -0.05) is 32.0 Å². The molecule has 0 radical (unpaired) electrons. The second-order valence-electron chi connectivity index (χ2n) is 9.73. The summed E-state index contributed by atoms with van der Waals surface area (Å²) in [6.07, 6.45) is 0.519. The monoisotopic (exact) mass is 516 g/mol. The van der Waals surface area contributed by atoms with Gasteiger partial charge in [-0.15, -0.1) is 0 Å². The van der Waals surface area contributed by atoms with Crippen molar-refractivity contribution in [2.24, 2.45) is 0 Å². The molecule has 0 unspecified atom stereocenters. The molecule has 0 aliphatic heterocycles. The van der Waals surface area contributed by atoms with Crippen molar-refractivity contribution in [3.8, 4) is 11.5 Å². The lowest BCUT2D eigenvalue weighted by Crippen LogP contribution is -2.21. The highest BCUT2D eigenvalue weighted by atomic mass is 16.5. The van der Waals surface area contributed by atoms with E-state index in [1.807, 2.05) is 51.1 Å². The molecule has 7 nitrogen and oxygen atoms in total. The van der Waals surface area contributed by atoms with Gasteiger partial charge in [-0.25, -0.2) is 0 Å². The van der Waals surface area contributed by atoms with Crippen molar-refractivity contribution >= 4 is 29.2 Å². The standard InChI is InChI=1S/C31H36N2O5/c1-20(2)27-16-9-21(3)17-28(27)38-26-14-12-24(13-15-26)32-29(34)7-6-8-31(36)37-19-30(35)33-25-11-10-22(4)23(5)18-25/h9-18,20H,6-8,19H2,1-5H3,(H,32,34)(H,33,35). The summed E-state index contributed by atoms with van der Waals surface area (Å²) in [5.74, 6) is 0.702. The lowest BCUT2D eigenvalue weighted by Gasteiger charge is -2.15. The molecule has 200 valence electrons. The number of aryl methyl sites for hydroxylation is 3. The van der Waals surface area contributed by atoms with E-state index in [-0.39, 0.29) is 25.4 Å². The van der Waals surface area contributed by atoms with Crippen LogP contribution in [-0.4, -0.2) is 24.4 Å². The van der Waals surface area contributed by atoms with Crippen molar-refractivity contribution in [3.05, 3.63) is 82.9 Å². The highest BCUT2D eigenvalue weighted by molar-refractivity contribution is 5.93. The molecule has 0 saturated heterocycles. The molecule has 0 aliphatic carbocycles. The van der Waals surface area contributed by atoms with E-state index in [1.54, 1.807) is 18.2 Å². The maximum absolute atomic E-state index is 12.3. The first-order valence-corrected chi connectivity index (χ1v) is 12.8. The van der Waals surface area contributed by atoms with Crippen LogP contribution in [0.5, 0.6) is 11.5 Å². The molecule has 3 aromatic carbocycles. The lowest BCUT2D eigenvalue weighted by atomic mass is 10.0. The molecular formula is C31H36N2O5. The molecule has 38 heavy (non-hydrogen) atoms. The smallest absolute Gasteiger partial charge is 0.306 e. The third-order valence-electron chi connectivity index (χ3n) is 6.10. The fourth-order valence-electron chi connectivity index (χ4n) is 3.79. The predicted molar refractivity (Wildman–Crippen MR) is 150 cm³/mol. The van der Waals surface area contributed by atoms with E-state index >= 15 is 0 Å². The normalized spacial score (nSPS) is 10.7. The first kappa shape index (κ1) is 28.4. The molecular weight excluding hydrogens is 480 g/mol. The molecule has 7 heteroatoms. The van der Waals surface area contributed by atoms with E-state index in [4.69, 9.17) is 9.47 Å². The minimum absolute atomic E-state index is 0.0474. The summed E-state index contributed by atoms with van der Waals surface area (Å²) in [5.41, 5.74) is 5.74. The fraction of sp³-hybridized carbons (Fsp3) is 0.323. The predicted octanol–water partition coefficient (Wildman–Crippen LogP) is 6.82. The number of carbonyl (C=O) groups is 3. The van der Waals surface area contributed by atoms with Gasteiger partial charge in [0.15, 0.2) is 6.61 Å². The lowest BCUT2D eigenvalue weighted by molar-refractivity contribution is -0.147. The molecule has 0 aliphatic rings. The van der Waals surface area contributed by atoms with Crippen LogP contribution < -0.4 is 15.4 Å². The largest absolute Gasteiger partial charge is 0.457 e. The molecule has 3 aromatic rings. The van der Waals surface area contributed by atoms with Gasteiger partial charge in [-0.05, 0) is 97.8 Å². The number of anilines is 2. The van der Waals surface area contributed by atoms with Crippen LogP contribution >= 0.6 is 0 Å². The number of rotatable bonds is 11. The van der Waals surface area contributed by atoms with Gasteiger partial charge in [0.1, 0.15) is 11.5 Å². The Balaban J connectivity index is 1.38. The Labute approximate surface area is 224 Å². The van der Waals surface area contributed by atoms with Crippen LogP contribution in [0.4, 0.5) is 11.4 Å². The zero-order valence-corrected chi connectivity index (χ0v) is 22.7. The van der Waals surface area contributed by atoms with Crippen LogP contribution in [0.2, 0.25) is 0 Å². The van der Waals surface area contributed by atoms with Crippen LogP contribution in [0.25, 0.3) is 0 Å². The van der Waals surface area contributed by atoms with E-state index in [1.165, 1.54) is 0 Å². The average molecular weight is 517 g/mol. The number of esters is 1. The van der Waals surface area contributed by atoms with Gasteiger partial charge in [-0.3, -0.25) is 14.4 Å². The Hall–Kier alpha value is -4.13. The fourth-order valence-corrected chi connectivity index (χ4v) is 3.79. The molecule has 2 amide bonds. The third-order valence-corrected chi connectivity index (χ3v) is 6.10. The summed E-state index contributed by atoms with van der Waals surface area (Å²) in [4.78, 5) is 36.3. The summed E-state index contributed by atoms with van der Waals surface area (Å²) in [7, 11) is 0. The van der Waals surface area contributed by atoms with Crippen molar-refractivity contribution in [3.63, 3.8) is 0 Å². The van der Waals surface area contributed by atoms with Crippen molar-refractivity contribution in [1.29, 1.82) is 0 Å². The van der Waals surface area contributed by atoms with E-state index in [0.717, 1.165) is 28.0 Å². The van der Waals surface area contributed by atoms with Crippen molar-refractivity contribution in [1.82, 2.24) is 0 Å². The molecule has 0 fully saturated rings. The SMILES string of the molecule is Cc1ccc(C(C)C)c(Oc2ccc(NC(=O)CCCC(=O)OCC(=O)Nc3ccc(C)c(C)c3)cc2)c1. The summed E-state index contributed by atoms with van der Waals surface area (Å²) < 4.78 is 11.1. The Morgan fingerprint density at radius 2 is 1.45 bits per heavy atom. The van der Waals surface area contributed by atoms with Gasteiger partial charge in [-0.2, -0.15) is 0 Å².